The Morgan fingerprint density at radius 1 is 0.871 bits per heavy atom. The van der Waals surface area contributed by atoms with Gasteiger partial charge in [-0.2, -0.15) is 0 Å². The third kappa shape index (κ3) is 8.28. The van der Waals surface area contributed by atoms with Gasteiger partial charge in [-0.25, -0.2) is 20.0 Å². The number of amides is 2. The molecule has 0 heterocycles. The van der Waals surface area contributed by atoms with Crippen molar-refractivity contribution in [2.24, 2.45) is 0 Å². The van der Waals surface area contributed by atoms with Crippen LogP contribution in [0.4, 0.5) is 9.59 Å². The fourth-order valence-electron chi connectivity index (χ4n) is 2.83. The van der Waals surface area contributed by atoms with Gasteiger partial charge < -0.3 is 9.47 Å². The highest BCUT2D eigenvalue weighted by Gasteiger charge is 2.26. The molecule has 168 valence electrons. The first-order valence-corrected chi connectivity index (χ1v) is 10.4. The number of nitrogens with zero attached hydrogens (tertiary/aromatic N) is 1. The van der Waals surface area contributed by atoms with Crippen molar-refractivity contribution < 1.29 is 23.9 Å². The fraction of sp³-hybridized carbons (Fsp3) is 0.458. The molecule has 0 aromatic heterocycles. The van der Waals surface area contributed by atoms with E-state index in [9.17, 15) is 14.4 Å². The maximum Gasteiger partial charge on any atom is 0.429 e. The predicted molar refractivity (Wildman–Crippen MR) is 120 cm³/mol. The Labute approximate surface area is 183 Å². The number of hydrogen-bond donors (Lipinski definition) is 1. The highest BCUT2D eigenvalue weighted by molar-refractivity contribution is 5.99. The van der Waals surface area contributed by atoms with E-state index in [1.807, 2.05) is 36.4 Å². The van der Waals surface area contributed by atoms with E-state index in [0.717, 1.165) is 15.8 Å². The summed E-state index contributed by atoms with van der Waals surface area (Å²) in [6.45, 7) is 10.5. The predicted octanol–water partition coefficient (Wildman–Crippen LogP) is 5.48. The smallest absolute Gasteiger partial charge is 0.429 e. The van der Waals surface area contributed by atoms with Gasteiger partial charge >= 0.3 is 12.2 Å². The Morgan fingerprint density at radius 3 is 2.10 bits per heavy atom. The van der Waals surface area contributed by atoms with E-state index < -0.39 is 23.4 Å². The number of ketones is 1. The van der Waals surface area contributed by atoms with Gasteiger partial charge in [0.05, 0.1) is 0 Å². The molecule has 0 saturated carbocycles. The Balaban J connectivity index is 2.01. The minimum absolute atomic E-state index is 0.0350. The van der Waals surface area contributed by atoms with E-state index in [2.05, 4.69) is 5.43 Å². The van der Waals surface area contributed by atoms with Gasteiger partial charge in [-0.3, -0.25) is 4.79 Å². The Hall–Kier alpha value is -3.09. The molecule has 7 nitrogen and oxygen atoms in total. The van der Waals surface area contributed by atoms with Crippen molar-refractivity contribution >= 4 is 28.7 Å². The number of benzene rings is 2. The van der Waals surface area contributed by atoms with Crippen molar-refractivity contribution in [3.8, 4) is 0 Å². The summed E-state index contributed by atoms with van der Waals surface area (Å²) < 4.78 is 10.6. The van der Waals surface area contributed by atoms with Gasteiger partial charge in [0.15, 0.2) is 5.78 Å². The standard InChI is InChI=1S/C24H32N2O5/c1-23(2,3)30-21(28)25-26(22(29)31-24(4,5)6)15-9-12-20(27)19-14-13-17-10-7-8-11-18(17)16-19/h7-8,10-11,13-14,16H,9,12,15H2,1-6H3,(H,25,28). The van der Waals surface area contributed by atoms with Crippen molar-refractivity contribution in [3.05, 3.63) is 48.0 Å². The molecule has 0 bridgehead atoms. The second kappa shape index (κ2) is 9.81. The summed E-state index contributed by atoms with van der Waals surface area (Å²) in [6, 6.07) is 13.4. The lowest BCUT2D eigenvalue weighted by Crippen LogP contribution is -2.50. The van der Waals surface area contributed by atoms with E-state index in [1.54, 1.807) is 47.6 Å². The molecule has 2 amide bonds. The van der Waals surface area contributed by atoms with Crippen LogP contribution < -0.4 is 5.43 Å². The van der Waals surface area contributed by atoms with Crippen LogP contribution in [0, 0.1) is 0 Å². The van der Waals surface area contributed by atoms with Gasteiger partial charge in [-0.05, 0) is 64.8 Å². The first-order chi connectivity index (χ1) is 14.3. The normalized spacial score (nSPS) is 11.7. The fourth-order valence-corrected chi connectivity index (χ4v) is 2.83. The van der Waals surface area contributed by atoms with Crippen molar-refractivity contribution in [1.29, 1.82) is 0 Å². The highest BCUT2D eigenvalue weighted by Crippen LogP contribution is 2.17. The van der Waals surface area contributed by atoms with E-state index in [1.165, 1.54) is 0 Å². The van der Waals surface area contributed by atoms with Crippen LogP contribution in [0.3, 0.4) is 0 Å². The van der Waals surface area contributed by atoms with E-state index in [-0.39, 0.29) is 18.7 Å². The third-order valence-electron chi connectivity index (χ3n) is 4.10. The topological polar surface area (TPSA) is 84.9 Å². The lowest BCUT2D eigenvalue weighted by molar-refractivity contribution is 0.00108. The maximum absolute atomic E-state index is 12.6. The average molecular weight is 429 g/mol. The third-order valence-corrected chi connectivity index (χ3v) is 4.10. The molecule has 0 aliphatic rings. The zero-order chi connectivity index (χ0) is 23.2. The van der Waals surface area contributed by atoms with Gasteiger partial charge in [0.2, 0.25) is 0 Å². The number of carbonyl (C=O) groups is 3. The first kappa shape index (κ1) is 24.2. The van der Waals surface area contributed by atoms with Crippen LogP contribution in [-0.2, 0) is 9.47 Å². The number of Topliss-reactive ketones (excluding diaryl/α,β-unsaturated/α-hetero) is 1. The largest absolute Gasteiger partial charge is 0.443 e. The van der Waals surface area contributed by atoms with E-state index in [0.29, 0.717) is 12.0 Å². The minimum Gasteiger partial charge on any atom is -0.443 e. The Morgan fingerprint density at radius 2 is 1.48 bits per heavy atom. The van der Waals surface area contributed by atoms with Gasteiger partial charge in [-0.1, -0.05) is 36.4 Å². The lowest BCUT2D eigenvalue weighted by atomic mass is 10.0. The minimum atomic E-state index is -0.765. The lowest BCUT2D eigenvalue weighted by Gasteiger charge is -2.28. The van der Waals surface area contributed by atoms with Gasteiger partial charge in [0.25, 0.3) is 0 Å². The number of carbonyl (C=O) groups excluding carboxylic acids is 3. The molecule has 2 aromatic carbocycles. The SMILES string of the molecule is CC(C)(C)OC(=O)NN(CCCC(=O)c1ccc2ccccc2c1)C(=O)OC(C)(C)C. The highest BCUT2D eigenvalue weighted by atomic mass is 16.6. The molecule has 0 aliphatic carbocycles. The van der Waals surface area contributed by atoms with E-state index >= 15 is 0 Å². The molecule has 2 aromatic rings. The molecule has 0 atom stereocenters. The van der Waals surface area contributed by atoms with Crippen LogP contribution in [0.25, 0.3) is 10.8 Å². The summed E-state index contributed by atoms with van der Waals surface area (Å²) in [4.78, 5) is 37.3. The molecule has 0 unspecified atom stereocenters. The number of fused-ring (bicyclic) bond motifs is 1. The second-order valence-corrected chi connectivity index (χ2v) is 9.33. The monoisotopic (exact) mass is 428 g/mol. The van der Waals surface area contributed by atoms with Crippen LogP contribution in [0.1, 0.15) is 64.7 Å². The summed E-state index contributed by atoms with van der Waals surface area (Å²) in [5.74, 6) is -0.0350. The summed E-state index contributed by atoms with van der Waals surface area (Å²) in [7, 11) is 0. The maximum atomic E-state index is 12.6. The molecule has 31 heavy (non-hydrogen) atoms. The molecule has 2 rings (SSSR count). The molecule has 7 heteroatoms. The number of rotatable bonds is 5. The van der Waals surface area contributed by atoms with Crippen molar-refractivity contribution in [2.75, 3.05) is 6.54 Å². The van der Waals surface area contributed by atoms with Gasteiger partial charge in [-0.15, -0.1) is 0 Å². The van der Waals surface area contributed by atoms with Crippen LogP contribution in [0.15, 0.2) is 42.5 Å². The Bertz CT molecular complexity index is 941. The Kier molecular flexibility index (Phi) is 7.65. The van der Waals surface area contributed by atoms with E-state index in [4.69, 9.17) is 9.47 Å². The van der Waals surface area contributed by atoms with Crippen molar-refractivity contribution in [3.63, 3.8) is 0 Å². The quantitative estimate of drug-likeness (QED) is 0.503. The first-order valence-electron chi connectivity index (χ1n) is 10.4. The zero-order valence-corrected chi connectivity index (χ0v) is 19.2. The van der Waals surface area contributed by atoms with Crippen LogP contribution >= 0.6 is 0 Å². The van der Waals surface area contributed by atoms with Crippen LogP contribution in [0.2, 0.25) is 0 Å². The van der Waals surface area contributed by atoms with Gasteiger partial charge in [0, 0.05) is 18.5 Å². The molecule has 0 aliphatic heterocycles. The summed E-state index contributed by atoms with van der Waals surface area (Å²) >= 11 is 0. The van der Waals surface area contributed by atoms with Crippen molar-refractivity contribution in [2.45, 2.75) is 65.6 Å². The molecular formula is C24H32N2O5. The molecule has 0 radical (unpaired) electrons. The van der Waals surface area contributed by atoms with Gasteiger partial charge in [0.1, 0.15) is 11.2 Å². The van der Waals surface area contributed by atoms with Crippen molar-refractivity contribution in [1.82, 2.24) is 10.4 Å². The number of hydrazine groups is 1. The summed E-state index contributed by atoms with van der Waals surface area (Å²) in [5.41, 5.74) is 1.59. The molecular weight excluding hydrogens is 396 g/mol. The molecule has 0 saturated heterocycles. The molecule has 1 N–H and O–H groups in total. The number of ether oxygens (including phenoxy) is 2. The second-order valence-electron chi connectivity index (χ2n) is 9.33. The zero-order valence-electron chi connectivity index (χ0n) is 19.2. The van der Waals surface area contributed by atoms with Crippen LogP contribution in [-0.4, -0.2) is 40.7 Å². The summed E-state index contributed by atoms with van der Waals surface area (Å²) in [6.07, 6.45) is -0.912. The molecule has 0 spiro atoms. The number of hydrogen-bond acceptors (Lipinski definition) is 5. The number of nitrogens with one attached hydrogen (secondary N) is 1. The van der Waals surface area contributed by atoms with Crippen LogP contribution in [0.5, 0.6) is 0 Å². The average Bonchev–Trinajstić information content (AvgIpc) is 2.63. The molecule has 0 fully saturated rings. The summed E-state index contributed by atoms with van der Waals surface area (Å²) in [5, 5.41) is 3.11.